The number of ether oxygens (including phenoxy) is 1. The van der Waals surface area contributed by atoms with Crippen molar-refractivity contribution in [3.05, 3.63) is 65.2 Å². The summed E-state index contributed by atoms with van der Waals surface area (Å²) in [6, 6.07) is 10.6. The van der Waals surface area contributed by atoms with Crippen LogP contribution >= 0.6 is 0 Å². The van der Waals surface area contributed by atoms with Crippen molar-refractivity contribution in [2.75, 3.05) is 6.54 Å². The summed E-state index contributed by atoms with van der Waals surface area (Å²) in [6.45, 7) is 0.0290. The van der Waals surface area contributed by atoms with Gasteiger partial charge in [0.15, 0.2) is 11.6 Å². The number of carbonyl (C=O) groups excluding carboxylic acids is 1. The van der Waals surface area contributed by atoms with Crippen molar-refractivity contribution in [3.8, 4) is 17.6 Å². The fourth-order valence-corrected chi connectivity index (χ4v) is 1.69. The van der Waals surface area contributed by atoms with E-state index in [-0.39, 0.29) is 18.7 Å². The molecule has 0 saturated carbocycles. The van der Waals surface area contributed by atoms with Gasteiger partial charge in [0.25, 0.3) is 0 Å². The summed E-state index contributed by atoms with van der Waals surface area (Å²) in [7, 11) is 0. The van der Waals surface area contributed by atoms with Crippen molar-refractivity contribution >= 4 is 6.09 Å². The number of benzene rings is 2. The molecule has 0 atom stereocenters. The summed E-state index contributed by atoms with van der Waals surface area (Å²) in [5, 5.41) is 11.8. The Morgan fingerprint density at radius 3 is 2.70 bits per heavy atom. The van der Waals surface area contributed by atoms with Gasteiger partial charge in [0.1, 0.15) is 12.4 Å². The molecule has 0 heterocycles. The highest BCUT2D eigenvalue weighted by Crippen LogP contribution is 2.21. The van der Waals surface area contributed by atoms with E-state index in [9.17, 15) is 18.7 Å². The van der Waals surface area contributed by atoms with E-state index in [4.69, 9.17) is 4.74 Å². The molecule has 4 nitrogen and oxygen atoms in total. The van der Waals surface area contributed by atoms with Gasteiger partial charge >= 0.3 is 6.09 Å². The van der Waals surface area contributed by atoms with Crippen LogP contribution in [0.2, 0.25) is 0 Å². The van der Waals surface area contributed by atoms with E-state index in [1.54, 1.807) is 0 Å². The van der Waals surface area contributed by atoms with Crippen LogP contribution in [0.15, 0.2) is 42.5 Å². The molecule has 1 amide bonds. The zero-order valence-corrected chi connectivity index (χ0v) is 12.0. The number of amides is 1. The topological polar surface area (TPSA) is 58.6 Å². The number of aromatic hydroxyl groups is 1. The molecule has 2 N–H and O–H groups in total. The standard InChI is InChI=1S/C17H13F2NO3/c18-14-9-13(16(21)15(19)10-14)7-4-8-20-17(22)23-11-12-5-2-1-3-6-12/h1-3,5-6,9-10,21H,8,11H2,(H,20,22). The van der Waals surface area contributed by atoms with Crippen molar-refractivity contribution < 1.29 is 23.4 Å². The minimum Gasteiger partial charge on any atom is -0.504 e. The van der Waals surface area contributed by atoms with Crippen molar-refractivity contribution in [1.82, 2.24) is 5.32 Å². The van der Waals surface area contributed by atoms with Crippen LogP contribution in [0.4, 0.5) is 13.6 Å². The number of alkyl carbamates (subject to hydrolysis) is 1. The van der Waals surface area contributed by atoms with Crippen molar-refractivity contribution in [3.63, 3.8) is 0 Å². The van der Waals surface area contributed by atoms with E-state index >= 15 is 0 Å². The predicted octanol–water partition coefficient (Wildman–Crippen LogP) is 2.95. The van der Waals surface area contributed by atoms with E-state index in [2.05, 4.69) is 17.2 Å². The third-order valence-electron chi connectivity index (χ3n) is 2.79. The van der Waals surface area contributed by atoms with Gasteiger partial charge in [0.2, 0.25) is 0 Å². The van der Waals surface area contributed by atoms with Gasteiger partial charge in [-0.1, -0.05) is 42.2 Å². The average Bonchev–Trinajstić information content (AvgIpc) is 2.54. The molecule has 23 heavy (non-hydrogen) atoms. The zero-order chi connectivity index (χ0) is 16.7. The SMILES string of the molecule is O=C(NCC#Cc1cc(F)cc(F)c1O)OCc1ccccc1. The Balaban J connectivity index is 1.82. The molecule has 2 rings (SSSR count). The number of halogens is 2. The molecule has 0 spiro atoms. The van der Waals surface area contributed by atoms with E-state index in [1.165, 1.54) is 0 Å². The van der Waals surface area contributed by atoms with Crippen LogP contribution < -0.4 is 5.32 Å². The normalized spacial score (nSPS) is 9.65. The molecule has 0 unspecified atom stereocenters. The molecule has 2 aromatic carbocycles. The van der Waals surface area contributed by atoms with Gasteiger partial charge in [0, 0.05) is 6.07 Å². The first-order valence-electron chi connectivity index (χ1n) is 6.67. The lowest BCUT2D eigenvalue weighted by Crippen LogP contribution is -2.24. The molecular formula is C17H13F2NO3. The summed E-state index contributed by atoms with van der Waals surface area (Å²) in [6.07, 6.45) is -0.669. The highest BCUT2D eigenvalue weighted by atomic mass is 19.1. The lowest BCUT2D eigenvalue weighted by atomic mass is 10.2. The summed E-state index contributed by atoms with van der Waals surface area (Å²) >= 11 is 0. The summed E-state index contributed by atoms with van der Waals surface area (Å²) in [5.74, 6) is 2.17. The quantitative estimate of drug-likeness (QED) is 0.856. The van der Waals surface area contributed by atoms with Crippen LogP contribution in [0.25, 0.3) is 0 Å². The first-order chi connectivity index (χ1) is 11.1. The molecule has 2 aromatic rings. The van der Waals surface area contributed by atoms with Crippen molar-refractivity contribution in [2.24, 2.45) is 0 Å². The Hall–Kier alpha value is -3.07. The Morgan fingerprint density at radius 1 is 1.22 bits per heavy atom. The van der Waals surface area contributed by atoms with Crippen LogP contribution in [0.1, 0.15) is 11.1 Å². The van der Waals surface area contributed by atoms with Gasteiger partial charge in [0.05, 0.1) is 12.1 Å². The number of nitrogens with one attached hydrogen (secondary N) is 1. The maximum absolute atomic E-state index is 13.1. The van der Waals surface area contributed by atoms with Gasteiger partial charge in [-0.05, 0) is 11.6 Å². The average molecular weight is 317 g/mol. The zero-order valence-electron chi connectivity index (χ0n) is 12.0. The van der Waals surface area contributed by atoms with Gasteiger partial charge in [-0.25, -0.2) is 13.6 Å². The van der Waals surface area contributed by atoms with Gasteiger partial charge in [-0.2, -0.15) is 0 Å². The number of rotatable bonds is 3. The molecule has 0 radical (unpaired) electrons. The lowest BCUT2D eigenvalue weighted by molar-refractivity contribution is 0.141. The molecule has 118 valence electrons. The summed E-state index contributed by atoms with van der Waals surface area (Å²) in [4.78, 5) is 11.4. The number of carbonyl (C=O) groups is 1. The van der Waals surface area contributed by atoms with E-state index in [0.29, 0.717) is 6.07 Å². The molecule has 0 aliphatic carbocycles. The largest absolute Gasteiger partial charge is 0.504 e. The third kappa shape index (κ3) is 5.00. The smallest absolute Gasteiger partial charge is 0.408 e. The number of phenolic OH excluding ortho intramolecular Hbond substituents is 1. The molecule has 6 heteroatoms. The first-order valence-corrected chi connectivity index (χ1v) is 6.67. The fraction of sp³-hybridized carbons (Fsp3) is 0.118. The van der Waals surface area contributed by atoms with Crippen molar-refractivity contribution in [1.29, 1.82) is 0 Å². The first kappa shape index (κ1) is 16.3. The molecule has 0 fully saturated rings. The highest BCUT2D eigenvalue weighted by Gasteiger charge is 2.07. The monoisotopic (exact) mass is 317 g/mol. The molecule has 0 saturated heterocycles. The summed E-state index contributed by atoms with van der Waals surface area (Å²) < 4.78 is 31.0. The number of hydrogen-bond donors (Lipinski definition) is 2. The number of phenols is 1. The van der Waals surface area contributed by atoms with Crippen LogP contribution in [-0.4, -0.2) is 17.7 Å². The molecular weight excluding hydrogens is 304 g/mol. The van der Waals surface area contributed by atoms with Gasteiger partial charge < -0.3 is 15.2 Å². The highest BCUT2D eigenvalue weighted by molar-refractivity contribution is 5.67. The minimum absolute atomic E-state index is 0.0921. The fourth-order valence-electron chi connectivity index (χ4n) is 1.69. The van der Waals surface area contributed by atoms with E-state index < -0.39 is 23.5 Å². The minimum atomic E-state index is -1.09. The lowest BCUT2D eigenvalue weighted by Gasteiger charge is -2.04. The second-order valence-electron chi connectivity index (χ2n) is 4.50. The molecule has 0 aliphatic rings. The van der Waals surface area contributed by atoms with Gasteiger partial charge in [-0.15, -0.1) is 0 Å². The molecule has 0 aromatic heterocycles. The van der Waals surface area contributed by atoms with Crippen molar-refractivity contribution in [2.45, 2.75) is 6.61 Å². The van der Waals surface area contributed by atoms with E-state index in [1.807, 2.05) is 30.3 Å². The third-order valence-corrected chi connectivity index (χ3v) is 2.79. The van der Waals surface area contributed by atoms with E-state index in [0.717, 1.165) is 11.6 Å². The Bertz CT molecular complexity index is 752. The predicted molar refractivity (Wildman–Crippen MR) is 79.5 cm³/mol. The molecule has 0 bridgehead atoms. The van der Waals surface area contributed by atoms with Crippen LogP contribution in [0.5, 0.6) is 5.75 Å². The second-order valence-corrected chi connectivity index (χ2v) is 4.50. The Morgan fingerprint density at radius 2 is 1.96 bits per heavy atom. The molecule has 0 aliphatic heterocycles. The van der Waals surface area contributed by atoms with Crippen LogP contribution in [0.3, 0.4) is 0 Å². The maximum Gasteiger partial charge on any atom is 0.408 e. The van der Waals surface area contributed by atoms with Crippen LogP contribution in [-0.2, 0) is 11.3 Å². The Kier molecular flexibility index (Phi) is 5.53. The maximum atomic E-state index is 13.1. The Labute approximate surface area is 131 Å². The van der Waals surface area contributed by atoms with Gasteiger partial charge in [-0.3, -0.25) is 0 Å². The van der Waals surface area contributed by atoms with Crippen LogP contribution in [0, 0.1) is 23.5 Å². The number of hydrogen-bond acceptors (Lipinski definition) is 3. The second kappa shape index (κ2) is 7.80. The summed E-state index contributed by atoms with van der Waals surface area (Å²) in [5.41, 5.74) is 0.649.